The quantitative estimate of drug-likeness (QED) is 0.713. The smallest absolute Gasteiger partial charge is 0.220 e. The van der Waals surface area contributed by atoms with Crippen molar-refractivity contribution in [3.63, 3.8) is 0 Å². The number of fused-ring (bicyclic) bond motifs is 1. The molecule has 0 saturated carbocycles. The summed E-state index contributed by atoms with van der Waals surface area (Å²) in [7, 11) is 0. The van der Waals surface area contributed by atoms with Crippen molar-refractivity contribution in [1.29, 1.82) is 5.26 Å². The van der Waals surface area contributed by atoms with Gasteiger partial charge >= 0.3 is 0 Å². The minimum Gasteiger partial charge on any atom is -0.346 e. The van der Waals surface area contributed by atoms with Gasteiger partial charge in [0.1, 0.15) is 6.07 Å². The summed E-state index contributed by atoms with van der Waals surface area (Å²) in [6, 6.07) is 8.42. The first-order chi connectivity index (χ1) is 12.9. The summed E-state index contributed by atoms with van der Waals surface area (Å²) in [5, 5.41) is 12.6. The lowest BCUT2D eigenvalue weighted by molar-refractivity contribution is -0.118. The van der Waals surface area contributed by atoms with E-state index < -0.39 is 0 Å². The van der Waals surface area contributed by atoms with Crippen LogP contribution in [0.2, 0.25) is 0 Å². The van der Waals surface area contributed by atoms with Gasteiger partial charge in [0.25, 0.3) is 0 Å². The van der Waals surface area contributed by atoms with Crippen LogP contribution in [0.25, 0.3) is 10.9 Å². The van der Waals surface area contributed by atoms with Crippen LogP contribution in [-0.4, -0.2) is 10.5 Å². The van der Waals surface area contributed by atoms with Gasteiger partial charge in [0.05, 0.1) is 5.56 Å². The van der Waals surface area contributed by atoms with Crippen LogP contribution in [0.5, 0.6) is 0 Å². The molecule has 0 spiro atoms. The van der Waals surface area contributed by atoms with Crippen LogP contribution < -0.4 is 5.32 Å². The van der Waals surface area contributed by atoms with E-state index in [1.807, 2.05) is 51.3 Å². The van der Waals surface area contributed by atoms with Gasteiger partial charge in [-0.15, -0.1) is 0 Å². The van der Waals surface area contributed by atoms with Crippen molar-refractivity contribution in [3.8, 4) is 6.07 Å². The minimum atomic E-state index is -0.0502. The molecule has 1 heterocycles. The summed E-state index contributed by atoms with van der Waals surface area (Å²) in [6.45, 7) is 15.9. The Bertz CT molecular complexity index is 848. The molecule has 2 aromatic rings. The fourth-order valence-corrected chi connectivity index (χ4v) is 2.35. The molecule has 0 saturated heterocycles. The largest absolute Gasteiger partial charge is 0.346 e. The summed E-state index contributed by atoms with van der Waals surface area (Å²) in [5.41, 5.74) is 3.98. The maximum absolute atomic E-state index is 10.5. The Labute approximate surface area is 163 Å². The van der Waals surface area contributed by atoms with Gasteiger partial charge in [0.2, 0.25) is 5.91 Å². The van der Waals surface area contributed by atoms with Crippen molar-refractivity contribution >= 4 is 16.8 Å². The van der Waals surface area contributed by atoms with Gasteiger partial charge in [-0.05, 0) is 38.5 Å². The number of rotatable bonds is 4. The number of carbonyl (C=O) groups is 1. The molecule has 0 fully saturated rings. The van der Waals surface area contributed by atoms with E-state index in [1.165, 1.54) is 12.5 Å². The van der Waals surface area contributed by atoms with Crippen molar-refractivity contribution in [1.82, 2.24) is 9.88 Å². The van der Waals surface area contributed by atoms with Crippen LogP contribution in [0.3, 0.4) is 0 Å². The second-order valence-corrected chi connectivity index (χ2v) is 5.61. The number of allylic oxidation sites excluding steroid dienone is 5. The SMILES string of the molecule is C=C/C=C\C=C(/C)NC(C)=O.CC.CCn1cc(C#N)c2ccc(C)cc21. The lowest BCUT2D eigenvalue weighted by atomic mass is 10.1. The van der Waals surface area contributed by atoms with E-state index in [0.29, 0.717) is 0 Å². The summed E-state index contributed by atoms with van der Waals surface area (Å²) in [6.07, 6.45) is 9.02. The zero-order chi connectivity index (χ0) is 20.8. The highest BCUT2D eigenvalue weighted by Crippen LogP contribution is 2.21. The zero-order valence-corrected chi connectivity index (χ0v) is 17.3. The third-order valence-electron chi connectivity index (χ3n) is 3.47. The highest BCUT2D eigenvalue weighted by atomic mass is 16.1. The Balaban J connectivity index is 0.000000473. The van der Waals surface area contributed by atoms with Crippen LogP contribution in [0, 0.1) is 18.3 Å². The van der Waals surface area contributed by atoms with Crippen LogP contribution in [0.4, 0.5) is 0 Å². The topological polar surface area (TPSA) is 57.8 Å². The third kappa shape index (κ3) is 8.24. The highest BCUT2D eigenvalue weighted by Gasteiger charge is 2.06. The summed E-state index contributed by atoms with van der Waals surface area (Å²) >= 11 is 0. The van der Waals surface area contributed by atoms with Crippen molar-refractivity contribution in [2.75, 3.05) is 0 Å². The molecule has 0 aliphatic carbocycles. The number of carbonyl (C=O) groups excluding carboxylic acids is 1. The molecule has 0 radical (unpaired) electrons. The molecular formula is C23H31N3O. The Morgan fingerprint density at radius 2 is 1.96 bits per heavy atom. The van der Waals surface area contributed by atoms with Gasteiger partial charge in [-0.1, -0.05) is 50.8 Å². The summed E-state index contributed by atoms with van der Waals surface area (Å²) < 4.78 is 2.11. The van der Waals surface area contributed by atoms with E-state index in [2.05, 4.69) is 42.4 Å². The Morgan fingerprint density at radius 1 is 1.30 bits per heavy atom. The predicted molar refractivity (Wildman–Crippen MR) is 115 cm³/mol. The fourth-order valence-electron chi connectivity index (χ4n) is 2.35. The van der Waals surface area contributed by atoms with E-state index >= 15 is 0 Å². The second-order valence-electron chi connectivity index (χ2n) is 5.61. The first-order valence-corrected chi connectivity index (χ1v) is 9.16. The number of nitriles is 1. The van der Waals surface area contributed by atoms with Crippen molar-refractivity contribution < 1.29 is 4.79 Å². The summed E-state index contributed by atoms with van der Waals surface area (Å²) in [4.78, 5) is 10.5. The monoisotopic (exact) mass is 365 g/mol. The number of amides is 1. The van der Waals surface area contributed by atoms with Crippen molar-refractivity contribution in [2.24, 2.45) is 0 Å². The highest BCUT2D eigenvalue weighted by molar-refractivity contribution is 5.86. The molecule has 1 aromatic heterocycles. The average Bonchev–Trinajstić information content (AvgIpc) is 3.00. The molecule has 144 valence electrons. The molecule has 0 unspecified atom stereocenters. The number of nitrogens with zero attached hydrogens (tertiary/aromatic N) is 2. The number of benzene rings is 1. The Hall–Kier alpha value is -3.06. The normalized spacial score (nSPS) is 10.3. The molecule has 0 aliphatic heterocycles. The predicted octanol–water partition coefficient (Wildman–Crippen LogP) is 5.64. The second kappa shape index (κ2) is 13.2. The third-order valence-corrected chi connectivity index (χ3v) is 3.47. The number of nitrogens with one attached hydrogen (secondary N) is 1. The number of aryl methyl sites for hydroxylation is 2. The molecule has 4 nitrogen and oxygen atoms in total. The molecule has 2 rings (SSSR count). The Morgan fingerprint density at radius 3 is 2.48 bits per heavy atom. The zero-order valence-electron chi connectivity index (χ0n) is 17.3. The van der Waals surface area contributed by atoms with Gasteiger partial charge < -0.3 is 9.88 Å². The fraction of sp³-hybridized carbons (Fsp3) is 0.304. The molecule has 1 amide bonds. The molecule has 0 bridgehead atoms. The van der Waals surface area contributed by atoms with Gasteiger partial charge in [-0.2, -0.15) is 5.26 Å². The molecule has 0 atom stereocenters. The standard InChI is InChI=1S/C12H12N2.C9H13NO.C2H6/c1-3-14-8-10(7-13)11-5-4-9(2)6-12(11)14;1-4-5-6-7-8(2)10-9(3)11;1-2/h4-6,8H,3H2,1-2H3;4-7H,1H2,2-3H3,(H,10,11);1-2H3/b;6-5-,8-7+;. The molecule has 1 aromatic carbocycles. The number of hydrogen-bond donors (Lipinski definition) is 1. The van der Waals surface area contributed by atoms with Crippen LogP contribution >= 0.6 is 0 Å². The van der Waals surface area contributed by atoms with Gasteiger partial charge in [0, 0.05) is 36.3 Å². The molecular weight excluding hydrogens is 334 g/mol. The van der Waals surface area contributed by atoms with E-state index in [1.54, 1.807) is 12.2 Å². The molecule has 1 N–H and O–H groups in total. The van der Waals surface area contributed by atoms with Crippen LogP contribution in [-0.2, 0) is 11.3 Å². The van der Waals surface area contributed by atoms with E-state index in [0.717, 1.165) is 28.7 Å². The van der Waals surface area contributed by atoms with Gasteiger partial charge in [-0.25, -0.2) is 0 Å². The van der Waals surface area contributed by atoms with E-state index in [4.69, 9.17) is 5.26 Å². The van der Waals surface area contributed by atoms with Crippen molar-refractivity contribution in [2.45, 2.75) is 48.1 Å². The molecule has 4 heteroatoms. The number of hydrogen-bond acceptors (Lipinski definition) is 2. The lowest BCUT2D eigenvalue weighted by Gasteiger charge is -2.00. The first-order valence-electron chi connectivity index (χ1n) is 9.16. The lowest BCUT2D eigenvalue weighted by Crippen LogP contribution is -2.16. The van der Waals surface area contributed by atoms with Gasteiger partial charge in [0.15, 0.2) is 0 Å². The van der Waals surface area contributed by atoms with Crippen molar-refractivity contribution in [3.05, 3.63) is 72.1 Å². The van der Waals surface area contributed by atoms with Crippen LogP contribution in [0.1, 0.15) is 45.7 Å². The minimum absolute atomic E-state index is 0.0502. The Kier molecular flexibility index (Phi) is 11.7. The van der Waals surface area contributed by atoms with E-state index in [9.17, 15) is 4.79 Å². The number of aromatic nitrogens is 1. The maximum Gasteiger partial charge on any atom is 0.220 e. The summed E-state index contributed by atoms with van der Waals surface area (Å²) in [5.74, 6) is -0.0502. The first kappa shape index (κ1) is 23.9. The van der Waals surface area contributed by atoms with Gasteiger partial charge in [-0.3, -0.25) is 4.79 Å². The van der Waals surface area contributed by atoms with Crippen LogP contribution in [0.15, 0.2) is 61.0 Å². The average molecular weight is 366 g/mol. The molecule has 27 heavy (non-hydrogen) atoms. The van der Waals surface area contributed by atoms with E-state index in [-0.39, 0.29) is 5.91 Å². The molecule has 0 aliphatic rings. The maximum atomic E-state index is 10.5.